The van der Waals surface area contributed by atoms with E-state index in [2.05, 4.69) is 26.6 Å². The summed E-state index contributed by atoms with van der Waals surface area (Å²) in [6.45, 7) is 7.95. The second-order valence-corrected chi connectivity index (χ2v) is 8.66. The molecule has 2 heteroatoms. The van der Waals surface area contributed by atoms with Crippen LogP contribution < -0.4 is 0 Å². The third-order valence-corrected chi connectivity index (χ3v) is 8.03. The first-order valence-corrected chi connectivity index (χ1v) is 8.38. The van der Waals surface area contributed by atoms with Gasteiger partial charge in [-0.25, -0.2) is 0 Å². The van der Waals surface area contributed by atoms with Crippen LogP contribution in [0.3, 0.4) is 0 Å². The monoisotopic (exact) mass is 215 g/mol. The number of hydrogen-bond acceptors (Lipinski definition) is 1. The zero-order valence-electron chi connectivity index (χ0n) is 9.88. The normalized spacial score (nSPS) is 20.9. The van der Waals surface area contributed by atoms with E-state index in [1.54, 1.807) is 0 Å². The first-order valence-electron chi connectivity index (χ1n) is 5.96. The van der Waals surface area contributed by atoms with Crippen LogP contribution in [0, 0.1) is 0 Å². The number of ether oxygens (including phenoxy) is 1. The standard InChI is InChI=1S/C12H24OP/c1-4-14(5-2,6-3)11-12-9-7-8-10-13-12/h11H,4-10H2,1-3H3/q+1. The lowest BCUT2D eigenvalue weighted by molar-refractivity contribution is 0.167. The van der Waals surface area contributed by atoms with Gasteiger partial charge in [0, 0.05) is 13.7 Å². The molecule has 1 fully saturated rings. The summed E-state index contributed by atoms with van der Waals surface area (Å²) >= 11 is 0. The average molecular weight is 215 g/mol. The molecule has 0 atom stereocenters. The van der Waals surface area contributed by atoms with Gasteiger partial charge in [-0.2, -0.15) is 0 Å². The topological polar surface area (TPSA) is 9.23 Å². The number of rotatable bonds is 4. The Morgan fingerprint density at radius 2 is 1.79 bits per heavy atom. The van der Waals surface area contributed by atoms with Gasteiger partial charge in [-0.15, -0.1) is 0 Å². The van der Waals surface area contributed by atoms with Crippen LogP contribution in [0.2, 0.25) is 0 Å². The van der Waals surface area contributed by atoms with Crippen LogP contribution in [-0.4, -0.2) is 25.1 Å². The molecule has 0 radical (unpaired) electrons. The summed E-state index contributed by atoms with van der Waals surface area (Å²) in [5.41, 5.74) is 0. The van der Waals surface area contributed by atoms with Gasteiger partial charge >= 0.3 is 0 Å². The highest BCUT2D eigenvalue weighted by molar-refractivity contribution is 7.78. The minimum atomic E-state index is -0.794. The second kappa shape index (κ2) is 5.75. The molecule has 0 aromatic heterocycles. The van der Waals surface area contributed by atoms with Crippen LogP contribution in [0.5, 0.6) is 0 Å². The molecule has 14 heavy (non-hydrogen) atoms. The van der Waals surface area contributed by atoms with Crippen molar-refractivity contribution in [1.82, 2.24) is 0 Å². The van der Waals surface area contributed by atoms with Crippen molar-refractivity contribution in [1.29, 1.82) is 0 Å². The SMILES string of the molecule is CC[P+](C=C1CCCCO1)(CC)CC. The average Bonchev–Trinajstić information content (AvgIpc) is 2.28. The molecule has 0 saturated carbocycles. The number of hydrogen-bond donors (Lipinski definition) is 0. The van der Waals surface area contributed by atoms with Gasteiger partial charge < -0.3 is 4.74 Å². The quantitative estimate of drug-likeness (QED) is 0.641. The summed E-state index contributed by atoms with van der Waals surface area (Å²) < 4.78 is 5.73. The van der Waals surface area contributed by atoms with Crippen molar-refractivity contribution < 1.29 is 4.74 Å². The fourth-order valence-corrected chi connectivity index (χ4v) is 4.73. The first-order chi connectivity index (χ1) is 6.76. The molecule has 1 aliphatic rings. The van der Waals surface area contributed by atoms with Crippen molar-refractivity contribution in [3.8, 4) is 0 Å². The molecule has 0 aromatic carbocycles. The van der Waals surface area contributed by atoms with Gasteiger partial charge in [0.2, 0.25) is 0 Å². The van der Waals surface area contributed by atoms with E-state index in [1.807, 2.05) is 0 Å². The lowest BCUT2D eigenvalue weighted by Crippen LogP contribution is -2.06. The highest BCUT2D eigenvalue weighted by atomic mass is 31.2. The van der Waals surface area contributed by atoms with E-state index in [0.717, 1.165) is 6.61 Å². The van der Waals surface area contributed by atoms with Gasteiger partial charge in [0.15, 0.2) is 0 Å². The molecule has 1 heterocycles. The Labute approximate surface area is 89.3 Å². The fraction of sp³-hybridized carbons (Fsp3) is 0.833. The first kappa shape index (κ1) is 12.0. The van der Waals surface area contributed by atoms with Crippen LogP contribution in [0.4, 0.5) is 0 Å². The summed E-state index contributed by atoms with van der Waals surface area (Å²) in [5.74, 6) is 3.82. The minimum Gasteiger partial charge on any atom is -0.494 e. The Morgan fingerprint density at radius 1 is 1.14 bits per heavy atom. The lowest BCUT2D eigenvalue weighted by atomic mass is 10.2. The zero-order chi connectivity index (χ0) is 10.4. The van der Waals surface area contributed by atoms with Gasteiger partial charge in [-0.1, -0.05) is 0 Å². The minimum absolute atomic E-state index is 0.794. The van der Waals surface area contributed by atoms with Crippen LogP contribution in [-0.2, 0) is 4.74 Å². The molecule has 1 saturated heterocycles. The number of allylic oxidation sites excluding steroid dienone is 1. The van der Waals surface area contributed by atoms with Crippen molar-refractivity contribution in [2.45, 2.75) is 40.0 Å². The third kappa shape index (κ3) is 2.98. The van der Waals surface area contributed by atoms with Crippen molar-refractivity contribution in [2.75, 3.05) is 25.1 Å². The van der Waals surface area contributed by atoms with Crippen molar-refractivity contribution in [3.05, 3.63) is 11.6 Å². The summed E-state index contributed by atoms with van der Waals surface area (Å²) in [7, 11) is -0.794. The molecule has 1 nitrogen and oxygen atoms in total. The van der Waals surface area contributed by atoms with Crippen molar-refractivity contribution in [3.63, 3.8) is 0 Å². The van der Waals surface area contributed by atoms with Gasteiger partial charge in [-0.05, 0) is 33.6 Å². The van der Waals surface area contributed by atoms with Gasteiger partial charge in [-0.3, -0.25) is 0 Å². The molecule has 0 spiro atoms. The maximum atomic E-state index is 5.73. The Hall–Kier alpha value is -0.0300. The predicted molar refractivity (Wildman–Crippen MR) is 66.4 cm³/mol. The molecule has 0 unspecified atom stereocenters. The Kier molecular flexibility index (Phi) is 4.95. The third-order valence-electron chi connectivity index (χ3n) is 3.41. The molecular formula is C12H24OP+. The molecule has 1 aliphatic heterocycles. The maximum Gasteiger partial charge on any atom is 0.130 e. The predicted octanol–water partition coefficient (Wildman–Crippen LogP) is 4.11. The molecule has 0 amide bonds. The van der Waals surface area contributed by atoms with E-state index in [9.17, 15) is 0 Å². The summed E-state index contributed by atoms with van der Waals surface area (Å²) in [4.78, 5) is 0. The van der Waals surface area contributed by atoms with Crippen LogP contribution in [0.15, 0.2) is 11.6 Å². The van der Waals surface area contributed by atoms with E-state index in [4.69, 9.17) is 4.74 Å². The molecule has 0 aliphatic carbocycles. The van der Waals surface area contributed by atoms with Gasteiger partial charge in [0.1, 0.15) is 5.76 Å². The Balaban J connectivity index is 2.68. The molecule has 0 aromatic rings. The Morgan fingerprint density at radius 3 is 2.21 bits per heavy atom. The van der Waals surface area contributed by atoms with Crippen LogP contribution in [0.1, 0.15) is 40.0 Å². The van der Waals surface area contributed by atoms with Crippen LogP contribution >= 0.6 is 7.26 Å². The van der Waals surface area contributed by atoms with Gasteiger partial charge in [0.25, 0.3) is 0 Å². The summed E-state index contributed by atoms with van der Waals surface area (Å²) in [6, 6.07) is 0. The highest BCUT2D eigenvalue weighted by Crippen LogP contribution is 2.60. The zero-order valence-corrected chi connectivity index (χ0v) is 10.8. The van der Waals surface area contributed by atoms with E-state index in [-0.39, 0.29) is 0 Å². The second-order valence-electron chi connectivity index (χ2n) is 4.07. The fourth-order valence-electron chi connectivity index (χ4n) is 2.03. The Bertz CT molecular complexity index is 178. The summed E-state index contributed by atoms with van der Waals surface area (Å²) in [6.07, 6.45) is 7.77. The largest absolute Gasteiger partial charge is 0.494 e. The lowest BCUT2D eigenvalue weighted by Gasteiger charge is -2.22. The summed E-state index contributed by atoms with van der Waals surface area (Å²) in [5, 5.41) is 0. The molecular weight excluding hydrogens is 191 g/mol. The van der Waals surface area contributed by atoms with Crippen molar-refractivity contribution in [2.24, 2.45) is 0 Å². The van der Waals surface area contributed by atoms with Crippen molar-refractivity contribution >= 4 is 7.26 Å². The molecule has 0 N–H and O–H groups in total. The van der Waals surface area contributed by atoms with E-state index in [0.29, 0.717) is 0 Å². The molecule has 82 valence electrons. The van der Waals surface area contributed by atoms with E-state index in [1.165, 1.54) is 43.5 Å². The molecule has 0 bridgehead atoms. The molecule has 1 rings (SSSR count). The highest BCUT2D eigenvalue weighted by Gasteiger charge is 2.30. The van der Waals surface area contributed by atoms with E-state index < -0.39 is 7.26 Å². The smallest absolute Gasteiger partial charge is 0.130 e. The van der Waals surface area contributed by atoms with Gasteiger partial charge in [0.05, 0.1) is 30.9 Å². The maximum absolute atomic E-state index is 5.73. The van der Waals surface area contributed by atoms with E-state index >= 15 is 0 Å². The van der Waals surface area contributed by atoms with Crippen LogP contribution in [0.25, 0.3) is 0 Å².